The second kappa shape index (κ2) is 15.3. The zero-order valence-electron chi connectivity index (χ0n) is 26.2. The molecule has 226 valence electrons. The van der Waals surface area contributed by atoms with Crippen molar-refractivity contribution < 1.29 is 14.2 Å². The molecule has 0 radical (unpaired) electrons. The first-order valence-corrected chi connectivity index (χ1v) is 14.3. The van der Waals surface area contributed by atoms with E-state index in [1.165, 1.54) is 0 Å². The highest BCUT2D eigenvalue weighted by Gasteiger charge is 2.37. The molecule has 0 spiro atoms. The second-order valence-corrected chi connectivity index (χ2v) is 11.9. The van der Waals surface area contributed by atoms with Crippen LogP contribution < -0.4 is 10.6 Å². The molecule has 3 rings (SSSR count). The number of halogens is 1. The molecule has 0 aliphatic carbocycles. The Labute approximate surface area is 247 Å². The van der Waals surface area contributed by atoms with Crippen molar-refractivity contribution in [2.75, 3.05) is 32.5 Å². The molecule has 1 fully saturated rings. The highest BCUT2D eigenvalue weighted by Crippen LogP contribution is 2.29. The van der Waals surface area contributed by atoms with Crippen LogP contribution in [0.5, 0.6) is 0 Å². The molecule has 1 aliphatic rings. The van der Waals surface area contributed by atoms with Crippen molar-refractivity contribution >= 4 is 11.8 Å². The summed E-state index contributed by atoms with van der Waals surface area (Å²) in [4.78, 5) is 4.17. The van der Waals surface area contributed by atoms with Gasteiger partial charge in [0.2, 0.25) is 0 Å². The number of benzene rings is 2. The number of rotatable bonds is 12. The summed E-state index contributed by atoms with van der Waals surface area (Å²) in [6, 6.07) is 11.3. The summed E-state index contributed by atoms with van der Waals surface area (Å²) in [7, 11) is 3.56. The van der Waals surface area contributed by atoms with E-state index in [0.29, 0.717) is 24.4 Å². The van der Waals surface area contributed by atoms with E-state index in [2.05, 4.69) is 69.9 Å². The normalized spacial score (nSPS) is 16.7. The molecule has 0 bridgehead atoms. The maximum Gasteiger partial charge on any atom is 0.147 e. The molecular formula is C34H51FN4O2. The molecule has 1 atom stereocenters. The summed E-state index contributed by atoms with van der Waals surface area (Å²) >= 11 is 0. The SMILES string of the molecule is C=CCC.C=Cc1cccc(NCc2cc(CN3CC(C)(C)OC(C)(C)C3)ccc2F)c1CN(C)C(O)C(=C)NC. The Kier molecular flexibility index (Phi) is 12.8. The maximum absolute atomic E-state index is 14.8. The van der Waals surface area contributed by atoms with Crippen molar-refractivity contribution in [1.82, 2.24) is 15.1 Å². The number of morpholine rings is 1. The number of anilines is 1. The van der Waals surface area contributed by atoms with Gasteiger partial charge in [0.25, 0.3) is 0 Å². The highest BCUT2D eigenvalue weighted by atomic mass is 19.1. The Morgan fingerprint density at radius 3 is 2.37 bits per heavy atom. The van der Waals surface area contributed by atoms with E-state index >= 15 is 0 Å². The molecule has 41 heavy (non-hydrogen) atoms. The summed E-state index contributed by atoms with van der Waals surface area (Å²) in [5.74, 6) is -0.238. The Morgan fingerprint density at radius 2 is 1.80 bits per heavy atom. The minimum atomic E-state index is -0.847. The number of aliphatic hydroxyl groups excluding tert-OH is 1. The standard InChI is InChI=1S/C30H43FN4O2.C4H8/c1-9-23-11-10-12-27(25(23)18-34(8)28(36)21(2)32-7)33-16-24-15-22(13-14-26(24)31)17-35-19-29(3,4)37-30(5,6)20-35;1-3-4-2/h9-15,28,32-33,36H,1-2,16-20H2,3-8H3;3H,1,4H2,2H3. The Hall–Kier alpha value is -2.97. The minimum Gasteiger partial charge on any atom is -0.389 e. The molecule has 7 heteroatoms. The van der Waals surface area contributed by atoms with E-state index in [4.69, 9.17) is 4.74 Å². The number of hydrogen-bond donors (Lipinski definition) is 3. The van der Waals surface area contributed by atoms with Gasteiger partial charge in [0.1, 0.15) is 12.0 Å². The van der Waals surface area contributed by atoms with Crippen molar-refractivity contribution in [3.8, 4) is 0 Å². The molecule has 0 amide bonds. The first-order valence-electron chi connectivity index (χ1n) is 14.3. The third-order valence-corrected chi connectivity index (χ3v) is 6.93. The van der Waals surface area contributed by atoms with Gasteiger partial charge in [0.05, 0.1) is 11.2 Å². The van der Waals surface area contributed by atoms with Crippen molar-refractivity contribution in [1.29, 1.82) is 0 Å². The van der Waals surface area contributed by atoms with Gasteiger partial charge in [0, 0.05) is 56.7 Å². The number of nitrogens with one attached hydrogen (secondary N) is 2. The zero-order valence-corrected chi connectivity index (χ0v) is 26.2. The molecule has 2 aromatic rings. The third-order valence-electron chi connectivity index (χ3n) is 6.93. The van der Waals surface area contributed by atoms with Crippen molar-refractivity contribution in [2.24, 2.45) is 0 Å². The van der Waals surface area contributed by atoms with Crippen LogP contribution in [-0.4, -0.2) is 59.5 Å². The lowest BCUT2D eigenvalue weighted by Crippen LogP contribution is -2.56. The molecule has 0 saturated carbocycles. The fourth-order valence-corrected chi connectivity index (χ4v) is 5.24. The van der Waals surface area contributed by atoms with E-state index in [0.717, 1.165) is 48.4 Å². The summed E-state index contributed by atoms with van der Waals surface area (Å²) in [6.07, 6.45) is 3.90. The van der Waals surface area contributed by atoms with E-state index in [1.807, 2.05) is 43.5 Å². The predicted molar refractivity (Wildman–Crippen MR) is 171 cm³/mol. The van der Waals surface area contributed by atoms with Gasteiger partial charge < -0.3 is 20.5 Å². The van der Waals surface area contributed by atoms with Gasteiger partial charge in [-0.25, -0.2) is 4.39 Å². The maximum atomic E-state index is 14.8. The largest absolute Gasteiger partial charge is 0.389 e. The number of hydrogen-bond acceptors (Lipinski definition) is 6. The Morgan fingerprint density at radius 1 is 1.17 bits per heavy atom. The highest BCUT2D eigenvalue weighted by molar-refractivity contribution is 5.64. The molecule has 1 heterocycles. The monoisotopic (exact) mass is 566 g/mol. The second-order valence-electron chi connectivity index (χ2n) is 11.9. The van der Waals surface area contributed by atoms with E-state index in [9.17, 15) is 9.50 Å². The number of ether oxygens (including phenoxy) is 1. The van der Waals surface area contributed by atoms with E-state index < -0.39 is 6.23 Å². The molecule has 0 aromatic heterocycles. The van der Waals surface area contributed by atoms with Crippen molar-refractivity contribution in [3.63, 3.8) is 0 Å². The Bertz CT molecular complexity index is 1160. The van der Waals surface area contributed by atoms with E-state index in [-0.39, 0.29) is 17.0 Å². The van der Waals surface area contributed by atoms with Gasteiger partial charge in [-0.2, -0.15) is 0 Å². The molecule has 1 unspecified atom stereocenters. The summed E-state index contributed by atoms with van der Waals surface area (Å²) in [6.45, 7) is 25.0. The molecule has 2 aromatic carbocycles. The van der Waals surface area contributed by atoms with Crippen LogP contribution in [0.1, 0.15) is 63.3 Å². The number of nitrogens with zero attached hydrogens (tertiary/aromatic N) is 2. The van der Waals surface area contributed by atoms with Crippen LogP contribution in [0.4, 0.5) is 10.1 Å². The molecule has 1 aliphatic heterocycles. The van der Waals surface area contributed by atoms with E-state index in [1.54, 1.807) is 24.1 Å². The first-order chi connectivity index (χ1) is 19.3. The van der Waals surface area contributed by atoms with Crippen LogP contribution in [0.25, 0.3) is 6.08 Å². The Balaban J connectivity index is 0.00000138. The van der Waals surface area contributed by atoms with Gasteiger partial charge in [-0.3, -0.25) is 9.80 Å². The van der Waals surface area contributed by atoms with Gasteiger partial charge in [-0.05, 0) is 76.1 Å². The molecular weight excluding hydrogens is 515 g/mol. The van der Waals surface area contributed by atoms with Crippen LogP contribution in [0.2, 0.25) is 0 Å². The van der Waals surface area contributed by atoms with Crippen LogP contribution in [0.15, 0.2) is 67.9 Å². The zero-order chi connectivity index (χ0) is 30.8. The number of allylic oxidation sites excluding steroid dienone is 1. The van der Waals surface area contributed by atoms with Gasteiger partial charge in [-0.15, -0.1) is 6.58 Å². The topological polar surface area (TPSA) is 60.0 Å². The van der Waals surface area contributed by atoms with Crippen LogP contribution in [-0.2, 0) is 24.4 Å². The van der Waals surface area contributed by atoms with Crippen LogP contribution >= 0.6 is 0 Å². The van der Waals surface area contributed by atoms with Crippen molar-refractivity contribution in [3.05, 3.63) is 96.0 Å². The number of aliphatic hydroxyl groups is 1. The summed E-state index contributed by atoms with van der Waals surface area (Å²) in [5, 5.41) is 16.9. The third kappa shape index (κ3) is 10.4. The minimum absolute atomic E-state index is 0.237. The lowest BCUT2D eigenvalue weighted by molar-refractivity contribution is -0.182. The fourth-order valence-electron chi connectivity index (χ4n) is 5.24. The predicted octanol–water partition coefficient (Wildman–Crippen LogP) is 6.54. The first kappa shape index (κ1) is 34.2. The number of likely N-dealkylation sites (N-methyl/N-ethyl adjacent to an activating group) is 2. The molecule has 1 saturated heterocycles. The average Bonchev–Trinajstić information content (AvgIpc) is 2.91. The summed E-state index contributed by atoms with van der Waals surface area (Å²) < 4.78 is 21.0. The van der Waals surface area contributed by atoms with Gasteiger partial charge in [-0.1, -0.05) is 50.4 Å². The van der Waals surface area contributed by atoms with Crippen molar-refractivity contribution in [2.45, 2.75) is 78.1 Å². The average molecular weight is 567 g/mol. The molecule has 6 nitrogen and oxygen atoms in total. The van der Waals surface area contributed by atoms with Crippen LogP contribution in [0, 0.1) is 5.82 Å². The quantitative estimate of drug-likeness (QED) is 0.200. The van der Waals surface area contributed by atoms with Gasteiger partial charge in [0.15, 0.2) is 0 Å². The lowest BCUT2D eigenvalue weighted by atomic mass is 9.98. The smallest absolute Gasteiger partial charge is 0.147 e. The van der Waals surface area contributed by atoms with Gasteiger partial charge >= 0.3 is 0 Å². The molecule has 3 N–H and O–H groups in total. The van der Waals surface area contributed by atoms with Crippen LogP contribution in [0.3, 0.4) is 0 Å². The lowest BCUT2D eigenvalue weighted by Gasteiger charge is -2.47. The fraction of sp³-hybridized carbons (Fsp3) is 0.471. The summed E-state index contributed by atoms with van der Waals surface area (Å²) in [5.41, 5.74) is 4.50.